The summed E-state index contributed by atoms with van der Waals surface area (Å²) < 4.78 is 0. The fraction of sp³-hybridized carbons (Fsp3) is 0.0909. The van der Waals surface area contributed by atoms with Crippen LogP contribution in [0.3, 0.4) is 0 Å². The minimum atomic E-state index is -1.06. The first kappa shape index (κ1) is 9.93. The second-order valence-electron chi connectivity index (χ2n) is 3.33. The van der Waals surface area contributed by atoms with Crippen molar-refractivity contribution in [2.75, 3.05) is 0 Å². The maximum atomic E-state index is 10.8. The van der Waals surface area contributed by atoms with E-state index >= 15 is 0 Å². The number of carboxylic acid groups (broad SMARTS) is 1. The van der Waals surface area contributed by atoms with Gasteiger partial charge in [0, 0.05) is 5.39 Å². The molecule has 0 aliphatic carbocycles. The quantitative estimate of drug-likeness (QED) is 0.754. The molecule has 0 aliphatic heterocycles. The molecule has 0 saturated heterocycles. The highest BCUT2D eigenvalue weighted by atomic mass is 35.5. The number of fused-ring (bicyclic) bond motifs is 1. The normalized spacial score (nSPS) is 10.5. The van der Waals surface area contributed by atoms with E-state index in [1.165, 1.54) is 6.07 Å². The van der Waals surface area contributed by atoms with Gasteiger partial charge in [0.25, 0.3) is 0 Å². The third kappa shape index (κ3) is 1.78. The molecule has 0 bridgehead atoms. The summed E-state index contributed by atoms with van der Waals surface area (Å²) in [6, 6.07) is 7.14. The number of aryl methyl sites for hydroxylation is 1. The Morgan fingerprint density at radius 1 is 1.40 bits per heavy atom. The Morgan fingerprint density at radius 3 is 2.80 bits per heavy atom. The molecule has 1 aromatic carbocycles. The number of halogens is 1. The molecule has 0 saturated carbocycles. The predicted octanol–water partition coefficient (Wildman–Crippen LogP) is 2.89. The Bertz CT molecular complexity index is 552. The maximum Gasteiger partial charge on any atom is 0.338 e. The topological polar surface area (TPSA) is 50.2 Å². The van der Waals surface area contributed by atoms with Crippen LogP contribution in [-0.4, -0.2) is 16.1 Å². The summed E-state index contributed by atoms with van der Waals surface area (Å²) in [5.41, 5.74) is 1.81. The second kappa shape index (κ2) is 3.51. The Kier molecular flexibility index (Phi) is 2.32. The highest BCUT2D eigenvalue weighted by molar-refractivity contribution is 6.32. The summed E-state index contributed by atoms with van der Waals surface area (Å²) in [6.07, 6.45) is 0. The van der Waals surface area contributed by atoms with Crippen LogP contribution in [0.25, 0.3) is 10.9 Å². The van der Waals surface area contributed by atoms with Crippen LogP contribution in [0.4, 0.5) is 0 Å². The van der Waals surface area contributed by atoms with E-state index in [0.717, 1.165) is 10.9 Å². The van der Waals surface area contributed by atoms with Gasteiger partial charge in [-0.2, -0.15) is 0 Å². The first-order chi connectivity index (χ1) is 7.08. The van der Waals surface area contributed by atoms with Crippen molar-refractivity contribution >= 4 is 28.5 Å². The first-order valence-corrected chi connectivity index (χ1v) is 4.76. The summed E-state index contributed by atoms with van der Waals surface area (Å²) in [6.45, 7) is 1.94. The molecule has 4 heteroatoms. The average Bonchev–Trinajstić information content (AvgIpc) is 2.15. The molecule has 1 N–H and O–H groups in total. The van der Waals surface area contributed by atoms with Crippen LogP contribution in [0, 0.1) is 6.92 Å². The van der Waals surface area contributed by atoms with Gasteiger partial charge >= 0.3 is 5.97 Å². The zero-order valence-electron chi connectivity index (χ0n) is 7.99. The summed E-state index contributed by atoms with van der Waals surface area (Å²) in [5, 5.41) is 9.66. The minimum Gasteiger partial charge on any atom is -0.478 e. The average molecular weight is 222 g/mol. The van der Waals surface area contributed by atoms with Gasteiger partial charge in [0.05, 0.1) is 11.1 Å². The van der Waals surface area contributed by atoms with Crippen molar-refractivity contribution in [1.29, 1.82) is 0 Å². The number of carbonyl (C=O) groups is 1. The van der Waals surface area contributed by atoms with Gasteiger partial charge in [-0.05, 0) is 24.6 Å². The van der Waals surface area contributed by atoms with E-state index in [1.54, 1.807) is 0 Å². The molecule has 2 rings (SSSR count). The standard InChI is InChI=1S/C11H8ClNO2/c1-6-2-3-7-5-8(11(14)15)10(12)13-9(7)4-6/h2-5H,1H3,(H,14,15). The summed E-state index contributed by atoms with van der Waals surface area (Å²) in [5.74, 6) is -1.06. The van der Waals surface area contributed by atoms with Crippen LogP contribution in [-0.2, 0) is 0 Å². The van der Waals surface area contributed by atoms with Crippen LogP contribution in [0.1, 0.15) is 15.9 Å². The maximum absolute atomic E-state index is 10.8. The Hall–Kier alpha value is -1.61. The van der Waals surface area contributed by atoms with Gasteiger partial charge in [0.15, 0.2) is 0 Å². The first-order valence-electron chi connectivity index (χ1n) is 4.38. The van der Waals surface area contributed by atoms with Gasteiger partial charge in [0.2, 0.25) is 0 Å². The Balaban J connectivity index is 2.76. The Morgan fingerprint density at radius 2 is 2.13 bits per heavy atom. The number of benzene rings is 1. The van der Waals surface area contributed by atoms with Crippen molar-refractivity contribution in [2.45, 2.75) is 6.92 Å². The van der Waals surface area contributed by atoms with E-state index in [9.17, 15) is 4.79 Å². The number of aromatic nitrogens is 1. The molecule has 2 aromatic rings. The van der Waals surface area contributed by atoms with Gasteiger partial charge in [-0.25, -0.2) is 9.78 Å². The molecule has 0 fully saturated rings. The molecule has 0 unspecified atom stereocenters. The molecular weight excluding hydrogens is 214 g/mol. The number of pyridine rings is 1. The molecule has 0 spiro atoms. The van der Waals surface area contributed by atoms with Crippen molar-refractivity contribution < 1.29 is 9.90 Å². The van der Waals surface area contributed by atoms with Crippen molar-refractivity contribution in [3.05, 3.63) is 40.5 Å². The van der Waals surface area contributed by atoms with E-state index < -0.39 is 5.97 Å². The second-order valence-corrected chi connectivity index (χ2v) is 3.69. The van der Waals surface area contributed by atoms with Gasteiger partial charge in [0.1, 0.15) is 5.15 Å². The van der Waals surface area contributed by atoms with Crippen molar-refractivity contribution in [1.82, 2.24) is 4.98 Å². The molecular formula is C11H8ClNO2. The van der Waals surface area contributed by atoms with Crippen LogP contribution >= 0.6 is 11.6 Å². The minimum absolute atomic E-state index is 0.0283. The SMILES string of the molecule is Cc1ccc2cc(C(=O)O)c(Cl)nc2c1. The lowest BCUT2D eigenvalue weighted by Gasteiger charge is -2.02. The van der Waals surface area contributed by atoms with Crippen LogP contribution < -0.4 is 0 Å². The summed E-state index contributed by atoms with van der Waals surface area (Å²) in [7, 11) is 0. The van der Waals surface area contributed by atoms with E-state index in [4.69, 9.17) is 16.7 Å². The van der Waals surface area contributed by atoms with Crippen molar-refractivity contribution in [2.24, 2.45) is 0 Å². The third-order valence-corrected chi connectivity index (χ3v) is 2.45. The fourth-order valence-electron chi connectivity index (χ4n) is 1.40. The fourth-order valence-corrected chi connectivity index (χ4v) is 1.63. The van der Waals surface area contributed by atoms with Crippen molar-refractivity contribution in [3.63, 3.8) is 0 Å². The molecule has 1 aromatic heterocycles. The van der Waals surface area contributed by atoms with Crippen molar-refractivity contribution in [3.8, 4) is 0 Å². The molecule has 0 radical (unpaired) electrons. The number of carboxylic acids is 1. The van der Waals surface area contributed by atoms with E-state index in [0.29, 0.717) is 5.52 Å². The monoisotopic (exact) mass is 221 g/mol. The number of nitrogens with zero attached hydrogens (tertiary/aromatic N) is 1. The number of hydrogen-bond acceptors (Lipinski definition) is 2. The zero-order chi connectivity index (χ0) is 11.0. The van der Waals surface area contributed by atoms with E-state index in [2.05, 4.69) is 4.98 Å². The van der Waals surface area contributed by atoms with E-state index in [1.807, 2.05) is 25.1 Å². The molecule has 1 heterocycles. The zero-order valence-corrected chi connectivity index (χ0v) is 8.75. The lowest BCUT2D eigenvalue weighted by atomic mass is 10.1. The molecule has 0 atom stereocenters. The molecule has 15 heavy (non-hydrogen) atoms. The highest BCUT2D eigenvalue weighted by Crippen LogP contribution is 2.21. The summed E-state index contributed by atoms with van der Waals surface area (Å²) >= 11 is 5.76. The predicted molar refractivity (Wildman–Crippen MR) is 58.4 cm³/mol. The van der Waals surface area contributed by atoms with E-state index in [-0.39, 0.29) is 10.7 Å². The molecule has 3 nitrogen and oxygen atoms in total. The van der Waals surface area contributed by atoms with Crippen LogP contribution in [0.5, 0.6) is 0 Å². The van der Waals surface area contributed by atoms with Gasteiger partial charge in [-0.3, -0.25) is 0 Å². The third-order valence-electron chi connectivity index (χ3n) is 2.16. The number of aromatic carboxylic acids is 1. The number of hydrogen-bond donors (Lipinski definition) is 1. The van der Waals surface area contributed by atoms with Crippen LogP contribution in [0.15, 0.2) is 24.3 Å². The largest absolute Gasteiger partial charge is 0.478 e. The highest BCUT2D eigenvalue weighted by Gasteiger charge is 2.11. The summed E-state index contributed by atoms with van der Waals surface area (Å²) in [4.78, 5) is 14.9. The lowest BCUT2D eigenvalue weighted by Crippen LogP contribution is -1.99. The molecule has 0 aliphatic rings. The smallest absolute Gasteiger partial charge is 0.338 e. The van der Waals surface area contributed by atoms with Gasteiger partial charge < -0.3 is 5.11 Å². The van der Waals surface area contributed by atoms with Crippen LogP contribution in [0.2, 0.25) is 5.15 Å². The number of rotatable bonds is 1. The van der Waals surface area contributed by atoms with Gasteiger partial charge in [-0.1, -0.05) is 23.7 Å². The Labute approximate surface area is 91.3 Å². The molecule has 0 amide bonds. The van der Waals surface area contributed by atoms with Gasteiger partial charge in [-0.15, -0.1) is 0 Å². The lowest BCUT2D eigenvalue weighted by molar-refractivity contribution is 0.0697. The molecule has 76 valence electrons.